The molecule has 0 aliphatic carbocycles. The lowest BCUT2D eigenvalue weighted by molar-refractivity contribution is -0.116. The van der Waals surface area contributed by atoms with Gasteiger partial charge in [-0.2, -0.15) is 0 Å². The predicted octanol–water partition coefficient (Wildman–Crippen LogP) is 8.38. The Labute approximate surface area is 292 Å². The zero-order valence-corrected chi connectivity index (χ0v) is 28.0. The molecule has 3 N–H and O–H groups in total. The summed E-state index contributed by atoms with van der Waals surface area (Å²) < 4.78 is 24.3. The van der Waals surface area contributed by atoms with Gasteiger partial charge in [-0.05, 0) is 65.7 Å². The Morgan fingerprint density at radius 3 is 2.12 bits per heavy atom. The van der Waals surface area contributed by atoms with Gasteiger partial charge in [-0.25, -0.2) is 4.39 Å². The van der Waals surface area contributed by atoms with Gasteiger partial charge < -0.3 is 25.4 Å². The van der Waals surface area contributed by atoms with Crippen molar-refractivity contribution in [3.63, 3.8) is 0 Å². The van der Waals surface area contributed by atoms with E-state index in [1.54, 1.807) is 60.7 Å². The fourth-order valence-corrected chi connectivity index (χ4v) is 6.03. The topological polar surface area (TPSA) is 106 Å². The Balaban J connectivity index is 1.39. The van der Waals surface area contributed by atoms with Gasteiger partial charge in [0, 0.05) is 22.2 Å². The van der Waals surface area contributed by atoms with E-state index in [9.17, 15) is 18.8 Å². The van der Waals surface area contributed by atoms with Crippen LogP contribution >= 0.6 is 23.4 Å². The first-order valence-corrected chi connectivity index (χ1v) is 16.2. The minimum absolute atomic E-state index is 0.0489. The van der Waals surface area contributed by atoms with E-state index in [2.05, 4.69) is 16.0 Å². The number of halogens is 2. The molecule has 0 spiro atoms. The van der Waals surface area contributed by atoms with Crippen LogP contribution in [0.3, 0.4) is 0 Å². The van der Waals surface area contributed by atoms with Crippen molar-refractivity contribution in [1.29, 1.82) is 0 Å². The van der Waals surface area contributed by atoms with Gasteiger partial charge in [-0.3, -0.25) is 14.4 Å². The normalized spacial score (nSPS) is 11.6. The summed E-state index contributed by atoms with van der Waals surface area (Å²) in [7, 11) is 2.97. The first-order valence-electron chi connectivity index (χ1n) is 14.9. The van der Waals surface area contributed by atoms with Crippen LogP contribution in [0, 0.1) is 5.82 Å². The molecule has 8 nitrogen and oxygen atoms in total. The SMILES string of the molecule is COc1cc(OC)c(NC(=O)C(Sc2cccc(NC(=O)/C(=C\c3ccc(F)cc3)NC(=O)c3ccccc3)c2)c2ccccc2)cc1Cl. The maximum Gasteiger partial charge on any atom is 0.272 e. The molecular formula is C38H31ClFN3O5S. The summed E-state index contributed by atoms with van der Waals surface area (Å²) in [4.78, 5) is 41.1. The number of ether oxygens (including phenoxy) is 2. The van der Waals surface area contributed by atoms with Crippen LogP contribution in [0.25, 0.3) is 6.08 Å². The summed E-state index contributed by atoms with van der Waals surface area (Å²) in [5.74, 6) is -1.07. The lowest BCUT2D eigenvalue weighted by Crippen LogP contribution is -2.30. The summed E-state index contributed by atoms with van der Waals surface area (Å²) in [6.07, 6.45) is 1.46. The Kier molecular flexibility index (Phi) is 11.7. The molecule has 0 radical (unpaired) electrons. The molecule has 0 bridgehead atoms. The van der Waals surface area contributed by atoms with Gasteiger partial charge in [0.2, 0.25) is 5.91 Å². The number of thioether (sulfide) groups is 1. The second-order valence-electron chi connectivity index (χ2n) is 10.5. The molecule has 5 aromatic carbocycles. The Morgan fingerprint density at radius 1 is 0.776 bits per heavy atom. The molecule has 1 atom stereocenters. The summed E-state index contributed by atoms with van der Waals surface area (Å²) >= 11 is 7.62. The van der Waals surface area contributed by atoms with Crippen molar-refractivity contribution < 1.29 is 28.2 Å². The summed E-state index contributed by atoms with van der Waals surface area (Å²) in [6, 6.07) is 33.4. The molecular weight excluding hydrogens is 665 g/mol. The third kappa shape index (κ3) is 9.28. The van der Waals surface area contributed by atoms with Gasteiger partial charge in [0.1, 0.15) is 28.3 Å². The van der Waals surface area contributed by atoms with E-state index in [1.165, 1.54) is 56.3 Å². The quantitative estimate of drug-likeness (QED) is 0.0895. The minimum atomic E-state index is -0.711. The molecule has 0 aliphatic rings. The predicted molar refractivity (Wildman–Crippen MR) is 192 cm³/mol. The maximum atomic E-state index is 13.8. The van der Waals surface area contributed by atoms with Crippen molar-refractivity contribution in [1.82, 2.24) is 5.32 Å². The van der Waals surface area contributed by atoms with E-state index in [4.69, 9.17) is 21.1 Å². The Morgan fingerprint density at radius 2 is 1.45 bits per heavy atom. The van der Waals surface area contributed by atoms with Crippen LogP contribution in [0.2, 0.25) is 5.02 Å². The molecule has 0 aliphatic heterocycles. The van der Waals surface area contributed by atoms with E-state index in [-0.39, 0.29) is 11.6 Å². The van der Waals surface area contributed by atoms with Crippen molar-refractivity contribution in [3.8, 4) is 11.5 Å². The van der Waals surface area contributed by atoms with E-state index < -0.39 is 22.9 Å². The van der Waals surface area contributed by atoms with Gasteiger partial charge in [-0.15, -0.1) is 11.8 Å². The number of rotatable bonds is 12. The second kappa shape index (κ2) is 16.5. The zero-order chi connectivity index (χ0) is 34.8. The van der Waals surface area contributed by atoms with Gasteiger partial charge in [-0.1, -0.05) is 78.3 Å². The summed E-state index contributed by atoms with van der Waals surface area (Å²) in [5, 5.41) is 8.03. The molecule has 5 rings (SSSR count). The monoisotopic (exact) mass is 695 g/mol. The van der Waals surface area contributed by atoms with Gasteiger partial charge in [0.25, 0.3) is 11.8 Å². The van der Waals surface area contributed by atoms with E-state index in [1.807, 2.05) is 36.4 Å². The average Bonchev–Trinajstić information content (AvgIpc) is 3.12. The highest BCUT2D eigenvalue weighted by molar-refractivity contribution is 8.00. The van der Waals surface area contributed by atoms with Crippen LogP contribution in [0.15, 0.2) is 132 Å². The Hall–Kier alpha value is -5.58. The second-order valence-corrected chi connectivity index (χ2v) is 12.1. The molecule has 49 heavy (non-hydrogen) atoms. The number of hydrogen-bond acceptors (Lipinski definition) is 6. The fourth-order valence-electron chi connectivity index (χ4n) is 4.71. The van der Waals surface area contributed by atoms with Gasteiger partial charge >= 0.3 is 0 Å². The summed E-state index contributed by atoms with van der Waals surface area (Å²) in [6.45, 7) is 0. The number of benzene rings is 5. The van der Waals surface area contributed by atoms with E-state index in [0.717, 1.165) is 5.56 Å². The van der Waals surface area contributed by atoms with Crippen molar-refractivity contribution >= 4 is 58.5 Å². The molecule has 0 aromatic heterocycles. The fraction of sp³-hybridized carbons (Fsp3) is 0.0789. The zero-order valence-electron chi connectivity index (χ0n) is 26.4. The average molecular weight is 696 g/mol. The van der Waals surface area contributed by atoms with Crippen LogP contribution in [-0.2, 0) is 9.59 Å². The minimum Gasteiger partial charge on any atom is -0.495 e. The number of carbonyl (C=O) groups is 3. The first kappa shape index (κ1) is 34.7. The van der Waals surface area contributed by atoms with Crippen molar-refractivity contribution in [2.75, 3.05) is 24.9 Å². The van der Waals surface area contributed by atoms with Crippen molar-refractivity contribution in [3.05, 3.63) is 155 Å². The standard InChI is InChI=1S/C38H31ClFN3O5S/c1-47-33-23-34(48-2)31(22-30(33)39)42-38(46)35(25-10-5-3-6-11-25)49-29-15-9-14-28(21-29)41-37(45)32(20-24-16-18-27(40)19-17-24)43-36(44)26-12-7-4-8-13-26/h3-23,35H,1-2H3,(H,41,45)(H,42,46)(H,43,44)/b32-20+. The number of nitrogens with one attached hydrogen (secondary N) is 3. The van der Waals surface area contributed by atoms with Crippen molar-refractivity contribution in [2.45, 2.75) is 10.1 Å². The molecule has 248 valence electrons. The third-order valence-electron chi connectivity index (χ3n) is 7.13. The lowest BCUT2D eigenvalue weighted by Gasteiger charge is -2.19. The molecule has 0 heterocycles. The van der Waals surface area contributed by atoms with Crippen LogP contribution in [0.4, 0.5) is 15.8 Å². The molecule has 0 saturated carbocycles. The maximum absolute atomic E-state index is 13.8. The highest BCUT2D eigenvalue weighted by Gasteiger charge is 2.24. The first-order chi connectivity index (χ1) is 23.7. The van der Waals surface area contributed by atoms with Crippen LogP contribution in [0.5, 0.6) is 11.5 Å². The number of carbonyl (C=O) groups excluding carboxylic acids is 3. The number of methoxy groups -OCH3 is 2. The molecule has 11 heteroatoms. The number of amides is 3. The molecule has 1 unspecified atom stereocenters. The molecule has 5 aromatic rings. The highest BCUT2D eigenvalue weighted by atomic mass is 35.5. The number of anilines is 2. The molecule has 3 amide bonds. The smallest absolute Gasteiger partial charge is 0.272 e. The third-order valence-corrected chi connectivity index (χ3v) is 8.67. The van der Waals surface area contributed by atoms with Crippen LogP contribution < -0.4 is 25.4 Å². The summed E-state index contributed by atoms with van der Waals surface area (Å²) in [5.41, 5.74) is 2.36. The lowest BCUT2D eigenvalue weighted by atomic mass is 10.1. The number of hydrogen-bond donors (Lipinski definition) is 3. The molecule has 0 fully saturated rings. The van der Waals surface area contributed by atoms with Gasteiger partial charge in [0.15, 0.2) is 0 Å². The largest absolute Gasteiger partial charge is 0.495 e. The highest BCUT2D eigenvalue weighted by Crippen LogP contribution is 2.40. The molecule has 0 saturated heterocycles. The van der Waals surface area contributed by atoms with Crippen LogP contribution in [-0.4, -0.2) is 31.9 Å². The van der Waals surface area contributed by atoms with Crippen LogP contribution in [0.1, 0.15) is 26.7 Å². The Bertz CT molecular complexity index is 1980. The van der Waals surface area contributed by atoms with E-state index >= 15 is 0 Å². The van der Waals surface area contributed by atoms with Gasteiger partial charge in [0.05, 0.1) is 24.9 Å². The van der Waals surface area contributed by atoms with E-state index in [0.29, 0.717) is 43.9 Å². The van der Waals surface area contributed by atoms with Crippen molar-refractivity contribution in [2.24, 2.45) is 0 Å².